The number of imidazole rings is 1. The monoisotopic (exact) mass is 574 g/mol. The highest BCUT2D eigenvalue weighted by molar-refractivity contribution is 6.31. The second kappa shape index (κ2) is 11.1. The molecule has 5 aromatic rings. The molecule has 0 saturated heterocycles. The van der Waals surface area contributed by atoms with Crippen LogP contribution in [-0.4, -0.2) is 38.1 Å². The molecule has 0 spiro atoms. The number of halogens is 2. The van der Waals surface area contributed by atoms with Gasteiger partial charge in [-0.05, 0) is 64.7 Å². The summed E-state index contributed by atoms with van der Waals surface area (Å²) in [6.45, 7) is 0.798. The van der Waals surface area contributed by atoms with Crippen LogP contribution in [0.2, 0.25) is 10.0 Å². The molecule has 1 amide bonds. The molecule has 2 N–H and O–H groups in total. The van der Waals surface area contributed by atoms with Gasteiger partial charge in [0.25, 0.3) is 5.91 Å². The van der Waals surface area contributed by atoms with Crippen molar-refractivity contribution in [1.82, 2.24) is 14.5 Å². The summed E-state index contributed by atoms with van der Waals surface area (Å²) < 4.78 is 6.56. The van der Waals surface area contributed by atoms with Crippen molar-refractivity contribution in [2.24, 2.45) is 7.05 Å². The predicted molar refractivity (Wildman–Crippen MR) is 154 cm³/mol. The number of rotatable bonds is 7. The van der Waals surface area contributed by atoms with Crippen molar-refractivity contribution in [2.45, 2.75) is 12.5 Å². The van der Waals surface area contributed by atoms with Crippen molar-refractivity contribution in [2.75, 3.05) is 11.9 Å². The first kappa shape index (κ1) is 27.3. The maximum Gasteiger partial charge on any atom is 0.303 e. The number of carbonyl (C=O) groups is 2. The Kier molecular flexibility index (Phi) is 7.58. The minimum Gasteiger partial charge on any atom is -0.456 e. The summed E-state index contributed by atoms with van der Waals surface area (Å²) in [5.41, 5.74) is 2.22. The van der Waals surface area contributed by atoms with Gasteiger partial charge in [-0.2, -0.15) is 0 Å². The number of aliphatic hydroxyl groups is 1. The van der Waals surface area contributed by atoms with Gasteiger partial charge in [-0.1, -0.05) is 53.5 Å². The van der Waals surface area contributed by atoms with Crippen LogP contribution in [0.3, 0.4) is 0 Å². The molecule has 0 aliphatic rings. The Hall–Kier alpha value is -4.24. The first-order valence-electron chi connectivity index (χ1n) is 12.2. The van der Waals surface area contributed by atoms with Crippen LogP contribution in [-0.2, 0) is 27.0 Å². The van der Waals surface area contributed by atoms with Gasteiger partial charge < -0.3 is 19.7 Å². The van der Waals surface area contributed by atoms with Crippen molar-refractivity contribution < 1.29 is 19.4 Å². The van der Waals surface area contributed by atoms with Crippen LogP contribution in [0, 0.1) is 0 Å². The molecule has 0 bridgehead atoms. The van der Waals surface area contributed by atoms with Crippen LogP contribution in [0.25, 0.3) is 22.0 Å². The van der Waals surface area contributed by atoms with Crippen LogP contribution in [0.4, 0.5) is 5.82 Å². The van der Waals surface area contributed by atoms with Gasteiger partial charge in [-0.15, -0.1) is 0 Å². The highest BCUT2D eigenvalue weighted by Gasteiger charge is 2.37. The van der Waals surface area contributed by atoms with Gasteiger partial charge in [-0.25, -0.2) is 9.97 Å². The standard InChI is InChI=1S/C30H24Cl2N4O4/c1-18(37)40-16-29(38)35-28-14-24(19-4-3-5-23(32)12-19)25-13-21(8-11-26(25)34-28)30(39,27-15-33-17-36(27)2)20-6-9-22(31)10-7-20/h3-15,17,39H,16H2,1-2H3,(H,34,35,38). The number of esters is 1. The first-order valence-corrected chi connectivity index (χ1v) is 13.0. The summed E-state index contributed by atoms with van der Waals surface area (Å²) in [7, 11) is 1.81. The van der Waals surface area contributed by atoms with Crippen molar-refractivity contribution in [3.63, 3.8) is 0 Å². The van der Waals surface area contributed by atoms with Crippen LogP contribution >= 0.6 is 23.2 Å². The zero-order valence-electron chi connectivity index (χ0n) is 21.6. The lowest BCUT2D eigenvalue weighted by molar-refractivity contribution is -0.144. The highest BCUT2D eigenvalue weighted by Crippen LogP contribution is 2.40. The molecular weight excluding hydrogens is 551 g/mol. The summed E-state index contributed by atoms with van der Waals surface area (Å²) in [6.07, 6.45) is 3.25. The van der Waals surface area contributed by atoms with Gasteiger partial charge in [-0.3, -0.25) is 9.59 Å². The number of carbonyl (C=O) groups excluding carboxylic acids is 2. The molecule has 0 radical (unpaired) electrons. The lowest BCUT2D eigenvalue weighted by Gasteiger charge is -2.30. The number of nitrogens with one attached hydrogen (secondary N) is 1. The zero-order valence-corrected chi connectivity index (χ0v) is 23.1. The van der Waals surface area contributed by atoms with Crippen LogP contribution in [0.15, 0.2) is 85.3 Å². The van der Waals surface area contributed by atoms with Crippen molar-refractivity contribution in [3.8, 4) is 11.1 Å². The van der Waals surface area contributed by atoms with Crippen molar-refractivity contribution in [3.05, 3.63) is 112 Å². The minimum absolute atomic E-state index is 0.270. The third-order valence-corrected chi connectivity index (χ3v) is 6.97. The molecule has 0 saturated carbocycles. The molecule has 1 unspecified atom stereocenters. The smallest absolute Gasteiger partial charge is 0.303 e. The third-order valence-electron chi connectivity index (χ3n) is 6.49. The predicted octanol–water partition coefficient (Wildman–Crippen LogP) is 5.73. The quantitative estimate of drug-likeness (QED) is 0.240. The maximum atomic E-state index is 12.4. The van der Waals surface area contributed by atoms with E-state index in [1.807, 2.05) is 25.2 Å². The van der Waals surface area contributed by atoms with Gasteiger partial charge in [0.15, 0.2) is 12.2 Å². The second-order valence-corrected chi connectivity index (χ2v) is 10.1. The number of amides is 1. The molecule has 2 aromatic heterocycles. The third kappa shape index (κ3) is 5.42. The van der Waals surface area contributed by atoms with Gasteiger partial charge in [0, 0.05) is 29.4 Å². The second-order valence-electron chi connectivity index (χ2n) is 9.23. The molecule has 5 rings (SSSR count). The molecule has 0 fully saturated rings. The Balaban J connectivity index is 1.70. The summed E-state index contributed by atoms with van der Waals surface area (Å²) >= 11 is 12.5. The van der Waals surface area contributed by atoms with Gasteiger partial charge >= 0.3 is 5.97 Å². The van der Waals surface area contributed by atoms with E-state index in [0.29, 0.717) is 37.8 Å². The number of benzene rings is 3. The molecule has 8 nitrogen and oxygen atoms in total. The number of aromatic nitrogens is 3. The summed E-state index contributed by atoms with van der Waals surface area (Å²) in [5, 5.41) is 16.9. The van der Waals surface area contributed by atoms with E-state index < -0.39 is 24.1 Å². The molecule has 0 aliphatic heterocycles. The van der Waals surface area contributed by atoms with Gasteiger partial charge in [0.05, 0.1) is 23.7 Å². The Labute approximate surface area is 240 Å². The SMILES string of the molecule is CC(=O)OCC(=O)Nc1cc(-c2cccc(Cl)c2)c2cc(C(O)(c3ccc(Cl)cc3)c3cncn3C)ccc2n1. The lowest BCUT2D eigenvalue weighted by atomic mass is 9.82. The fourth-order valence-corrected chi connectivity index (χ4v) is 4.93. The molecule has 40 heavy (non-hydrogen) atoms. The summed E-state index contributed by atoms with van der Waals surface area (Å²) in [6, 6.07) is 21.4. The average molecular weight is 575 g/mol. The number of ether oxygens (including phenoxy) is 1. The van der Waals surface area contributed by atoms with E-state index in [9.17, 15) is 14.7 Å². The van der Waals surface area contributed by atoms with E-state index in [-0.39, 0.29) is 5.82 Å². The largest absolute Gasteiger partial charge is 0.456 e. The van der Waals surface area contributed by atoms with E-state index >= 15 is 0 Å². The van der Waals surface area contributed by atoms with Gasteiger partial charge in [0.2, 0.25) is 0 Å². The summed E-state index contributed by atoms with van der Waals surface area (Å²) in [5.74, 6) is -0.814. The first-order chi connectivity index (χ1) is 19.1. The van der Waals surface area contributed by atoms with Crippen molar-refractivity contribution in [1.29, 1.82) is 0 Å². The molecule has 10 heteroatoms. The number of nitrogens with zero attached hydrogens (tertiary/aromatic N) is 3. The zero-order chi connectivity index (χ0) is 28.4. The normalized spacial score (nSPS) is 12.6. The molecule has 1 atom stereocenters. The van der Waals surface area contributed by atoms with E-state index in [2.05, 4.69) is 15.3 Å². The number of fused-ring (bicyclic) bond motifs is 1. The topological polar surface area (TPSA) is 106 Å². The Morgan fingerprint density at radius 2 is 1.75 bits per heavy atom. The fraction of sp³-hybridized carbons (Fsp3) is 0.133. The summed E-state index contributed by atoms with van der Waals surface area (Å²) in [4.78, 5) is 32.4. The molecule has 202 valence electrons. The fourth-order valence-electron chi connectivity index (χ4n) is 4.62. The lowest BCUT2D eigenvalue weighted by Crippen LogP contribution is -2.31. The Morgan fingerprint density at radius 1 is 1.00 bits per heavy atom. The van der Waals surface area contributed by atoms with E-state index in [1.165, 1.54) is 6.92 Å². The number of hydrogen-bond acceptors (Lipinski definition) is 6. The van der Waals surface area contributed by atoms with Crippen LogP contribution < -0.4 is 5.32 Å². The molecule has 2 heterocycles. The number of anilines is 1. The number of pyridine rings is 1. The van der Waals surface area contributed by atoms with E-state index in [0.717, 1.165) is 11.1 Å². The number of hydrogen-bond donors (Lipinski definition) is 2. The minimum atomic E-state index is -1.58. The van der Waals surface area contributed by atoms with Gasteiger partial charge in [0.1, 0.15) is 5.82 Å². The average Bonchev–Trinajstić information content (AvgIpc) is 3.37. The number of aryl methyl sites for hydroxylation is 1. The highest BCUT2D eigenvalue weighted by atomic mass is 35.5. The molecule has 0 aliphatic carbocycles. The Morgan fingerprint density at radius 3 is 2.42 bits per heavy atom. The van der Waals surface area contributed by atoms with Crippen molar-refractivity contribution >= 4 is 51.8 Å². The maximum absolute atomic E-state index is 12.4. The van der Waals surface area contributed by atoms with E-state index in [1.54, 1.807) is 71.7 Å². The Bertz CT molecular complexity index is 1740. The van der Waals surface area contributed by atoms with E-state index in [4.69, 9.17) is 27.9 Å². The van der Waals surface area contributed by atoms with Crippen LogP contribution in [0.1, 0.15) is 23.7 Å². The van der Waals surface area contributed by atoms with Crippen LogP contribution in [0.5, 0.6) is 0 Å². The molecule has 3 aromatic carbocycles. The molecular formula is C30H24Cl2N4O4.